The summed E-state index contributed by atoms with van der Waals surface area (Å²) in [4.78, 5) is 26.1. The topological polar surface area (TPSA) is 61.4 Å². The van der Waals surface area contributed by atoms with Crippen molar-refractivity contribution in [3.63, 3.8) is 0 Å². The molecular weight excluding hydrogens is 309 g/mol. The van der Waals surface area contributed by atoms with Crippen molar-refractivity contribution >= 4 is 11.9 Å². The van der Waals surface area contributed by atoms with Crippen LogP contribution < -0.4 is 10.6 Å². The third kappa shape index (κ3) is 5.22. The van der Waals surface area contributed by atoms with Crippen LogP contribution in [-0.2, 0) is 11.2 Å². The van der Waals surface area contributed by atoms with Gasteiger partial charge in [0.15, 0.2) is 0 Å². The quantitative estimate of drug-likeness (QED) is 0.868. The number of hydrogen-bond donors (Lipinski definition) is 2. The molecule has 0 unspecified atom stereocenters. The number of rotatable bonds is 5. The summed E-state index contributed by atoms with van der Waals surface area (Å²) in [6, 6.07) is 5.30. The van der Waals surface area contributed by atoms with Crippen molar-refractivity contribution in [3.8, 4) is 0 Å². The first kappa shape index (κ1) is 18.2. The molecule has 1 aromatic rings. The number of hydrogen-bond acceptors (Lipinski definition) is 2. The Morgan fingerprint density at radius 2 is 1.79 bits per heavy atom. The maximum Gasteiger partial charge on any atom is 0.315 e. The third-order valence-electron chi connectivity index (χ3n) is 4.25. The zero-order valence-electron chi connectivity index (χ0n) is 14.3. The van der Waals surface area contributed by atoms with E-state index in [1.165, 1.54) is 6.07 Å². The number of likely N-dealkylation sites (tertiary alicyclic amines) is 1. The minimum absolute atomic E-state index is 0.0494. The monoisotopic (exact) mass is 335 g/mol. The highest BCUT2D eigenvalue weighted by molar-refractivity contribution is 5.86. The number of nitrogens with one attached hydrogen (secondary N) is 2. The normalized spacial score (nSPS) is 17.0. The Kier molecular flexibility index (Phi) is 6.58. The predicted molar refractivity (Wildman–Crippen MR) is 91.1 cm³/mol. The Balaban J connectivity index is 1.79. The highest BCUT2D eigenvalue weighted by Crippen LogP contribution is 2.10. The fraction of sp³-hybridized carbons (Fsp3) is 0.556. The Labute approximate surface area is 142 Å². The largest absolute Gasteiger partial charge is 0.341 e. The van der Waals surface area contributed by atoms with Crippen LogP contribution in [0.4, 0.5) is 9.18 Å². The summed E-state index contributed by atoms with van der Waals surface area (Å²) >= 11 is 0. The maximum absolute atomic E-state index is 13.6. The van der Waals surface area contributed by atoms with Crippen LogP contribution in [0.15, 0.2) is 24.3 Å². The fourth-order valence-electron chi connectivity index (χ4n) is 2.96. The lowest BCUT2D eigenvalue weighted by atomic mass is 10.1. The molecular formula is C18H26FN3O2. The van der Waals surface area contributed by atoms with Crippen LogP contribution in [0, 0.1) is 5.82 Å². The minimum Gasteiger partial charge on any atom is -0.341 e. The summed E-state index contributed by atoms with van der Waals surface area (Å²) in [6.07, 6.45) is 3.59. The van der Waals surface area contributed by atoms with Crippen molar-refractivity contribution in [3.05, 3.63) is 35.6 Å². The first-order valence-corrected chi connectivity index (χ1v) is 8.56. The van der Waals surface area contributed by atoms with Crippen LogP contribution >= 0.6 is 0 Å². The highest BCUT2D eigenvalue weighted by atomic mass is 19.1. The van der Waals surface area contributed by atoms with E-state index in [9.17, 15) is 14.0 Å². The third-order valence-corrected chi connectivity index (χ3v) is 4.25. The molecule has 0 spiro atoms. The summed E-state index contributed by atoms with van der Waals surface area (Å²) in [5.74, 6) is -0.327. The molecule has 5 nitrogen and oxygen atoms in total. The van der Waals surface area contributed by atoms with Crippen LogP contribution in [0.25, 0.3) is 0 Å². The Bertz CT molecular complexity index is 573. The second-order valence-electron chi connectivity index (χ2n) is 6.42. The van der Waals surface area contributed by atoms with Gasteiger partial charge in [0.1, 0.15) is 11.9 Å². The molecule has 2 atom stereocenters. The van der Waals surface area contributed by atoms with E-state index in [4.69, 9.17) is 0 Å². The average Bonchev–Trinajstić information content (AvgIpc) is 2.56. The predicted octanol–water partition coefficient (Wildman–Crippen LogP) is 2.46. The van der Waals surface area contributed by atoms with E-state index in [1.54, 1.807) is 30.0 Å². The Hall–Kier alpha value is -2.11. The van der Waals surface area contributed by atoms with Gasteiger partial charge < -0.3 is 15.5 Å². The van der Waals surface area contributed by atoms with Gasteiger partial charge in [0.05, 0.1) is 0 Å². The van der Waals surface area contributed by atoms with E-state index in [0.29, 0.717) is 12.0 Å². The van der Waals surface area contributed by atoms with Gasteiger partial charge in [-0.25, -0.2) is 9.18 Å². The molecule has 1 fully saturated rings. The number of halogens is 1. The van der Waals surface area contributed by atoms with Gasteiger partial charge >= 0.3 is 6.03 Å². The number of carbonyl (C=O) groups is 2. The molecule has 3 amide bonds. The van der Waals surface area contributed by atoms with Crippen molar-refractivity contribution in [2.45, 2.75) is 51.6 Å². The number of piperidine rings is 1. The molecule has 2 N–H and O–H groups in total. The Morgan fingerprint density at radius 3 is 2.46 bits per heavy atom. The van der Waals surface area contributed by atoms with E-state index in [-0.39, 0.29) is 17.8 Å². The molecule has 1 saturated heterocycles. The molecule has 1 aliphatic rings. The zero-order valence-corrected chi connectivity index (χ0v) is 14.3. The van der Waals surface area contributed by atoms with E-state index in [2.05, 4.69) is 10.6 Å². The molecule has 132 valence electrons. The molecule has 0 aliphatic carbocycles. The molecule has 0 saturated carbocycles. The molecule has 6 heteroatoms. The first-order chi connectivity index (χ1) is 11.5. The minimum atomic E-state index is -0.566. The number of urea groups is 1. The number of amides is 3. The van der Waals surface area contributed by atoms with Crippen molar-refractivity contribution in [1.82, 2.24) is 15.5 Å². The Morgan fingerprint density at radius 1 is 1.12 bits per heavy atom. The summed E-state index contributed by atoms with van der Waals surface area (Å²) < 4.78 is 13.6. The molecule has 1 aliphatic heterocycles. The van der Waals surface area contributed by atoms with Crippen LogP contribution in [-0.4, -0.2) is 42.0 Å². The standard InChI is InChI=1S/C18H26FN3O2/c1-13(12-15-8-4-5-9-16(15)19)20-18(24)21-14(2)17(23)22-10-6-3-7-11-22/h4-5,8-9,13-14H,3,6-7,10-12H2,1-2H3,(H2,20,21,24)/t13-,14-/m0/s1. The second-order valence-corrected chi connectivity index (χ2v) is 6.42. The van der Waals surface area contributed by atoms with Crippen molar-refractivity contribution in [2.24, 2.45) is 0 Å². The van der Waals surface area contributed by atoms with Gasteiger partial charge in [-0.05, 0) is 51.2 Å². The van der Waals surface area contributed by atoms with Gasteiger partial charge in [-0.2, -0.15) is 0 Å². The highest BCUT2D eigenvalue weighted by Gasteiger charge is 2.23. The number of benzene rings is 1. The second kappa shape index (κ2) is 8.66. The molecule has 1 heterocycles. The van der Waals surface area contributed by atoms with E-state index < -0.39 is 12.1 Å². The molecule has 1 aromatic carbocycles. The fourth-order valence-corrected chi connectivity index (χ4v) is 2.96. The van der Waals surface area contributed by atoms with Gasteiger partial charge in [0, 0.05) is 19.1 Å². The van der Waals surface area contributed by atoms with Gasteiger partial charge in [0.2, 0.25) is 5.91 Å². The lowest BCUT2D eigenvalue weighted by molar-refractivity contribution is -0.133. The van der Waals surface area contributed by atoms with E-state index >= 15 is 0 Å². The van der Waals surface area contributed by atoms with Crippen LogP contribution in [0.3, 0.4) is 0 Å². The van der Waals surface area contributed by atoms with Crippen molar-refractivity contribution < 1.29 is 14.0 Å². The number of carbonyl (C=O) groups excluding carboxylic acids is 2. The zero-order chi connectivity index (χ0) is 17.5. The molecule has 0 aromatic heterocycles. The molecule has 0 radical (unpaired) electrons. The lowest BCUT2D eigenvalue weighted by Gasteiger charge is -2.29. The van der Waals surface area contributed by atoms with Gasteiger partial charge in [-0.3, -0.25) is 4.79 Å². The van der Waals surface area contributed by atoms with Gasteiger partial charge in [-0.1, -0.05) is 18.2 Å². The number of nitrogens with zero attached hydrogens (tertiary/aromatic N) is 1. The summed E-state index contributed by atoms with van der Waals surface area (Å²) in [6.45, 7) is 5.02. The summed E-state index contributed by atoms with van der Waals surface area (Å²) in [7, 11) is 0. The van der Waals surface area contributed by atoms with Gasteiger partial charge in [0.25, 0.3) is 0 Å². The average molecular weight is 335 g/mol. The van der Waals surface area contributed by atoms with Crippen molar-refractivity contribution in [1.29, 1.82) is 0 Å². The van der Waals surface area contributed by atoms with Crippen LogP contribution in [0.5, 0.6) is 0 Å². The van der Waals surface area contributed by atoms with Gasteiger partial charge in [-0.15, -0.1) is 0 Å². The SMILES string of the molecule is C[C@H](NC(=O)N[C@@H](C)Cc1ccccc1F)C(=O)N1CCCCC1. The molecule has 2 rings (SSSR count). The molecule has 0 bridgehead atoms. The first-order valence-electron chi connectivity index (χ1n) is 8.56. The van der Waals surface area contributed by atoms with E-state index in [0.717, 1.165) is 32.4 Å². The smallest absolute Gasteiger partial charge is 0.315 e. The lowest BCUT2D eigenvalue weighted by Crippen LogP contribution is -2.52. The van der Waals surface area contributed by atoms with E-state index in [1.807, 2.05) is 6.92 Å². The van der Waals surface area contributed by atoms with Crippen LogP contribution in [0.1, 0.15) is 38.7 Å². The summed E-state index contributed by atoms with van der Waals surface area (Å²) in [5, 5.41) is 5.43. The maximum atomic E-state index is 13.6. The van der Waals surface area contributed by atoms with Crippen LogP contribution in [0.2, 0.25) is 0 Å². The molecule has 24 heavy (non-hydrogen) atoms. The summed E-state index contributed by atoms with van der Waals surface area (Å²) in [5.41, 5.74) is 0.558. The van der Waals surface area contributed by atoms with Crippen molar-refractivity contribution in [2.75, 3.05) is 13.1 Å².